The van der Waals surface area contributed by atoms with Crippen molar-refractivity contribution >= 4 is 91.0 Å². The minimum Gasteiger partial charge on any atom is -0.397 e. The number of nitrogens with zero attached hydrogens (tertiary/aromatic N) is 4. The average Bonchev–Trinajstić information content (AvgIpc) is 2.92. The van der Waals surface area contributed by atoms with Crippen molar-refractivity contribution in [2.75, 3.05) is 44.2 Å². The number of fused-ring (bicyclic) bond motifs is 8. The number of rotatable bonds is 4. The standard InChI is InChI=1S/C24H20N12O8/c25-9-1-10(26)14-3-13(9)29-17-5-19(23(35(41)42)7-21(17)33(37)38)31-15-4-16(12(28)2-11(15)27)32-20-6-18(30-14)22(34(39)40)8-24(20)36(43)44/h1-8,29-32H,25-28H2. The Morgan fingerprint density at radius 2 is 0.568 bits per heavy atom. The van der Waals surface area contributed by atoms with E-state index in [1.165, 1.54) is 24.3 Å². The summed E-state index contributed by atoms with van der Waals surface area (Å²) in [6, 6.07) is 8.71. The van der Waals surface area contributed by atoms with Crippen LogP contribution in [0.5, 0.6) is 0 Å². The number of hydrogen-bond acceptors (Lipinski definition) is 16. The van der Waals surface area contributed by atoms with Gasteiger partial charge >= 0.3 is 0 Å². The molecular formula is C24H20N12O8. The zero-order valence-electron chi connectivity index (χ0n) is 22.0. The fourth-order valence-electron chi connectivity index (χ4n) is 4.44. The number of nitrogens with one attached hydrogen (secondary N) is 4. The molecule has 1 aliphatic heterocycles. The number of hydrogen-bond donors (Lipinski definition) is 8. The van der Waals surface area contributed by atoms with E-state index in [1.807, 2.05) is 0 Å². The summed E-state index contributed by atoms with van der Waals surface area (Å²) in [5.74, 6) is 0. The van der Waals surface area contributed by atoms with Crippen LogP contribution in [0.15, 0.2) is 48.5 Å². The molecule has 5 rings (SSSR count). The van der Waals surface area contributed by atoms with E-state index in [2.05, 4.69) is 21.3 Å². The Bertz CT molecular complexity index is 1690. The second-order valence-corrected chi connectivity index (χ2v) is 9.35. The molecule has 20 heteroatoms. The molecule has 1 heterocycles. The number of anilines is 12. The molecule has 4 aromatic rings. The van der Waals surface area contributed by atoms with Crippen LogP contribution in [-0.4, -0.2) is 19.7 Å². The van der Waals surface area contributed by atoms with Crippen molar-refractivity contribution in [3.05, 3.63) is 89.0 Å². The molecular weight excluding hydrogens is 584 g/mol. The lowest BCUT2D eigenvalue weighted by molar-refractivity contribution is -0.393. The molecule has 0 fully saturated rings. The van der Waals surface area contributed by atoms with E-state index < -0.39 is 42.4 Å². The first-order chi connectivity index (χ1) is 20.7. The number of nitro benzene ring substituents is 4. The SMILES string of the molecule is Nc1cc(N)c2cc1Nc1cc(c([N+](=O)[O-])cc1[N+](=O)[O-])Nc1cc(c(N)cc1N)Nc1cc(c([N+](=O)[O-])cc1[N+](=O)[O-])N2. The second kappa shape index (κ2) is 10.4. The van der Waals surface area contributed by atoms with Crippen molar-refractivity contribution in [2.45, 2.75) is 0 Å². The van der Waals surface area contributed by atoms with Gasteiger partial charge in [0.25, 0.3) is 22.7 Å². The Hall–Kier alpha value is -7.12. The summed E-state index contributed by atoms with van der Waals surface area (Å²) in [4.78, 5) is 44.3. The lowest BCUT2D eigenvalue weighted by Crippen LogP contribution is -2.08. The van der Waals surface area contributed by atoms with Gasteiger partial charge in [-0.2, -0.15) is 0 Å². The van der Waals surface area contributed by atoms with Gasteiger partial charge in [-0.25, -0.2) is 0 Å². The minimum atomic E-state index is -0.842. The predicted octanol–water partition coefficient (Wildman–Crippen LogP) is 4.94. The van der Waals surface area contributed by atoms with Gasteiger partial charge in [-0.05, 0) is 36.4 Å². The van der Waals surface area contributed by atoms with Gasteiger partial charge in [0.2, 0.25) is 0 Å². The van der Waals surface area contributed by atoms with Gasteiger partial charge in [0.1, 0.15) is 22.7 Å². The summed E-state index contributed by atoms with van der Waals surface area (Å²) < 4.78 is 0. The van der Waals surface area contributed by atoms with E-state index in [4.69, 9.17) is 22.9 Å². The molecule has 0 amide bonds. The molecule has 0 aliphatic carbocycles. The van der Waals surface area contributed by atoms with Gasteiger partial charge in [0.15, 0.2) is 0 Å². The van der Waals surface area contributed by atoms with E-state index in [0.29, 0.717) is 0 Å². The van der Waals surface area contributed by atoms with Crippen molar-refractivity contribution in [1.29, 1.82) is 0 Å². The molecule has 0 aromatic heterocycles. The largest absolute Gasteiger partial charge is 0.397 e. The molecule has 8 bridgehead atoms. The Labute approximate surface area is 244 Å². The molecule has 20 nitrogen and oxygen atoms in total. The highest BCUT2D eigenvalue weighted by atomic mass is 16.6. The molecule has 0 spiro atoms. The van der Waals surface area contributed by atoms with Gasteiger partial charge in [0.05, 0.1) is 77.3 Å². The topological polar surface area (TPSA) is 325 Å². The lowest BCUT2D eigenvalue weighted by Gasteiger charge is -2.19. The van der Waals surface area contributed by atoms with Crippen LogP contribution in [0.1, 0.15) is 0 Å². The quantitative estimate of drug-likeness (QED) is 0.0764. The van der Waals surface area contributed by atoms with Gasteiger partial charge in [0, 0.05) is 0 Å². The van der Waals surface area contributed by atoms with Crippen LogP contribution in [0.3, 0.4) is 0 Å². The molecule has 12 N–H and O–H groups in total. The molecule has 0 saturated heterocycles. The van der Waals surface area contributed by atoms with Crippen LogP contribution in [0, 0.1) is 40.5 Å². The van der Waals surface area contributed by atoms with Gasteiger partial charge in [-0.3, -0.25) is 40.5 Å². The van der Waals surface area contributed by atoms with Crippen molar-refractivity contribution in [1.82, 2.24) is 0 Å². The Morgan fingerprint density at radius 1 is 0.364 bits per heavy atom. The second-order valence-electron chi connectivity index (χ2n) is 9.35. The third-order valence-corrected chi connectivity index (χ3v) is 6.54. The van der Waals surface area contributed by atoms with E-state index in [9.17, 15) is 40.5 Å². The first-order valence-electron chi connectivity index (χ1n) is 12.1. The monoisotopic (exact) mass is 604 g/mol. The molecule has 4 aromatic carbocycles. The molecule has 44 heavy (non-hydrogen) atoms. The summed E-state index contributed by atoms with van der Waals surface area (Å²) in [7, 11) is 0. The molecule has 224 valence electrons. The molecule has 0 saturated carbocycles. The number of nitro groups is 4. The van der Waals surface area contributed by atoms with Crippen LogP contribution in [0.2, 0.25) is 0 Å². The number of nitrogen functional groups attached to an aromatic ring is 4. The molecule has 1 aliphatic rings. The smallest absolute Gasteiger partial charge is 0.299 e. The van der Waals surface area contributed by atoms with Gasteiger partial charge in [-0.1, -0.05) is 0 Å². The zero-order valence-corrected chi connectivity index (χ0v) is 22.0. The van der Waals surface area contributed by atoms with Crippen molar-refractivity contribution in [3.63, 3.8) is 0 Å². The number of benzene rings is 4. The van der Waals surface area contributed by atoms with Crippen LogP contribution in [0.25, 0.3) is 0 Å². The van der Waals surface area contributed by atoms with Crippen LogP contribution in [-0.2, 0) is 0 Å². The number of nitrogens with two attached hydrogens (primary N) is 4. The Morgan fingerprint density at radius 3 is 0.773 bits per heavy atom. The highest BCUT2D eigenvalue weighted by Gasteiger charge is 2.28. The highest BCUT2D eigenvalue weighted by molar-refractivity contribution is 5.94. The maximum atomic E-state index is 11.9. The third kappa shape index (κ3) is 5.07. The van der Waals surface area contributed by atoms with Gasteiger partial charge < -0.3 is 44.2 Å². The third-order valence-electron chi connectivity index (χ3n) is 6.54. The van der Waals surface area contributed by atoms with E-state index in [1.54, 1.807) is 0 Å². The summed E-state index contributed by atoms with van der Waals surface area (Å²) >= 11 is 0. The van der Waals surface area contributed by atoms with E-state index in [-0.39, 0.29) is 68.2 Å². The normalized spacial score (nSPS) is 11.6. The minimum absolute atomic E-state index is 0.00991. The van der Waals surface area contributed by atoms with E-state index in [0.717, 1.165) is 24.3 Å². The molecule has 0 radical (unpaired) electrons. The maximum absolute atomic E-state index is 11.9. The average molecular weight is 605 g/mol. The zero-order chi connectivity index (χ0) is 32.0. The van der Waals surface area contributed by atoms with Crippen LogP contribution >= 0.6 is 0 Å². The highest BCUT2D eigenvalue weighted by Crippen LogP contribution is 2.45. The first-order valence-corrected chi connectivity index (χ1v) is 12.1. The molecule has 0 atom stereocenters. The lowest BCUT2D eigenvalue weighted by atomic mass is 10.1. The van der Waals surface area contributed by atoms with Gasteiger partial charge in [-0.15, -0.1) is 0 Å². The Balaban J connectivity index is 1.85. The van der Waals surface area contributed by atoms with Crippen LogP contribution < -0.4 is 44.2 Å². The fraction of sp³-hybridized carbons (Fsp3) is 0. The first kappa shape index (κ1) is 28.4. The molecule has 0 unspecified atom stereocenters. The fourth-order valence-corrected chi connectivity index (χ4v) is 4.44. The van der Waals surface area contributed by atoms with E-state index >= 15 is 0 Å². The summed E-state index contributed by atoms with van der Waals surface area (Å²) in [5, 5.41) is 58.8. The van der Waals surface area contributed by atoms with Crippen molar-refractivity contribution in [3.8, 4) is 0 Å². The summed E-state index contributed by atoms with van der Waals surface area (Å²) in [5.41, 5.74) is 20.8. The van der Waals surface area contributed by atoms with Crippen molar-refractivity contribution in [2.24, 2.45) is 0 Å². The maximum Gasteiger partial charge on any atom is 0.299 e. The van der Waals surface area contributed by atoms with Crippen LogP contribution in [0.4, 0.5) is 91.0 Å². The van der Waals surface area contributed by atoms with Crippen molar-refractivity contribution < 1.29 is 19.7 Å². The summed E-state index contributed by atoms with van der Waals surface area (Å²) in [6.45, 7) is 0. The summed E-state index contributed by atoms with van der Waals surface area (Å²) in [6.07, 6.45) is 0. The Kier molecular flexibility index (Phi) is 6.70. The predicted molar refractivity (Wildman–Crippen MR) is 163 cm³/mol.